The van der Waals surface area contributed by atoms with Crippen LogP contribution in [-0.4, -0.2) is 11.0 Å². The number of aromatic nitrogens is 1. The van der Waals surface area contributed by atoms with E-state index >= 15 is 0 Å². The van der Waals surface area contributed by atoms with Crippen LogP contribution in [0.1, 0.15) is 15.9 Å². The summed E-state index contributed by atoms with van der Waals surface area (Å²) in [5.41, 5.74) is 8.55. The van der Waals surface area contributed by atoms with Gasteiger partial charge in [-0.05, 0) is 35.9 Å². The SMILES string of the molecule is Nc1ccc2c(C(=O)OCc3ccc(Cl)cc3)c[nH]c2c1. The Hall–Kier alpha value is -2.46. The highest BCUT2D eigenvalue weighted by Crippen LogP contribution is 2.21. The number of nitrogens with two attached hydrogens (primary N) is 1. The molecule has 1 aromatic heterocycles. The molecule has 5 heteroatoms. The van der Waals surface area contributed by atoms with Gasteiger partial charge in [0.1, 0.15) is 6.61 Å². The average molecular weight is 301 g/mol. The summed E-state index contributed by atoms with van der Waals surface area (Å²) in [5.74, 6) is -0.374. The predicted molar refractivity (Wildman–Crippen MR) is 83.3 cm³/mol. The van der Waals surface area contributed by atoms with Gasteiger partial charge in [-0.25, -0.2) is 4.79 Å². The van der Waals surface area contributed by atoms with E-state index in [1.54, 1.807) is 36.5 Å². The Labute approximate surface area is 126 Å². The molecule has 21 heavy (non-hydrogen) atoms. The third kappa shape index (κ3) is 2.85. The van der Waals surface area contributed by atoms with Crippen molar-refractivity contribution in [3.8, 4) is 0 Å². The summed E-state index contributed by atoms with van der Waals surface area (Å²) in [5, 5.41) is 1.45. The second-order valence-electron chi connectivity index (χ2n) is 4.71. The van der Waals surface area contributed by atoms with Crippen LogP contribution in [0.2, 0.25) is 5.02 Å². The minimum absolute atomic E-state index is 0.206. The number of fused-ring (bicyclic) bond motifs is 1. The lowest BCUT2D eigenvalue weighted by atomic mass is 10.1. The Kier molecular flexibility index (Phi) is 3.54. The van der Waals surface area contributed by atoms with Gasteiger partial charge in [-0.15, -0.1) is 0 Å². The number of hydrogen-bond acceptors (Lipinski definition) is 3. The van der Waals surface area contributed by atoms with Gasteiger partial charge in [0.15, 0.2) is 0 Å². The molecule has 0 saturated carbocycles. The minimum Gasteiger partial charge on any atom is -0.457 e. The Bertz CT molecular complexity index is 794. The van der Waals surface area contributed by atoms with Crippen LogP contribution in [0.15, 0.2) is 48.7 Å². The summed E-state index contributed by atoms with van der Waals surface area (Å²) in [6.45, 7) is 0.206. The number of H-pyrrole nitrogens is 1. The number of ether oxygens (including phenoxy) is 1. The minimum atomic E-state index is -0.374. The maximum Gasteiger partial charge on any atom is 0.340 e. The third-order valence-electron chi connectivity index (χ3n) is 3.21. The first-order valence-electron chi connectivity index (χ1n) is 6.41. The number of esters is 1. The van der Waals surface area contributed by atoms with Crippen molar-refractivity contribution >= 4 is 34.2 Å². The lowest BCUT2D eigenvalue weighted by Gasteiger charge is -2.04. The monoisotopic (exact) mass is 300 g/mol. The molecule has 0 saturated heterocycles. The highest BCUT2D eigenvalue weighted by Gasteiger charge is 2.13. The first kappa shape index (κ1) is 13.5. The highest BCUT2D eigenvalue weighted by molar-refractivity contribution is 6.30. The molecule has 0 bridgehead atoms. The fourth-order valence-corrected chi connectivity index (χ4v) is 2.25. The van der Waals surface area contributed by atoms with Crippen LogP contribution in [-0.2, 0) is 11.3 Å². The number of rotatable bonds is 3. The molecule has 3 N–H and O–H groups in total. The molecule has 0 aliphatic carbocycles. The Balaban J connectivity index is 1.76. The Morgan fingerprint density at radius 3 is 2.71 bits per heavy atom. The van der Waals surface area contributed by atoms with E-state index in [1.165, 1.54) is 0 Å². The number of aromatic amines is 1. The fourth-order valence-electron chi connectivity index (χ4n) is 2.12. The summed E-state index contributed by atoms with van der Waals surface area (Å²) < 4.78 is 5.32. The van der Waals surface area contributed by atoms with Crippen LogP contribution in [0.4, 0.5) is 5.69 Å². The van der Waals surface area contributed by atoms with Gasteiger partial charge in [0.2, 0.25) is 0 Å². The van der Waals surface area contributed by atoms with Gasteiger partial charge in [0.05, 0.1) is 5.56 Å². The third-order valence-corrected chi connectivity index (χ3v) is 3.46. The van der Waals surface area contributed by atoms with Gasteiger partial charge in [-0.1, -0.05) is 23.7 Å². The molecule has 0 atom stereocenters. The molecular weight excluding hydrogens is 288 g/mol. The molecule has 0 unspecified atom stereocenters. The molecule has 106 valence electrons. The molecule has 0 radical (unpaired) electrons. The van der Waals surface area contributed by atoms with E-state index in [4.69, 9.17) is 22.1 Å². The molecule has 0 fully saturated rings. The number of halogens is 1. The zero-order chi connectivity index (χ0) is 14.8. The van der Waals surface area contributed by atoms with Gasteiger partial charge >= 0.3 is 5.97 Å². The van der Waals surface area contributed by atoms with Crippen molar-refractivity contribution in [3.05, 3.63) is 64.8 Å². The number of hydrogen-bond donors (Lipinski definition) is 2. The summed E-state index contributed by atoms with van der Waals surface area (Å²) >= 11 is 5.81. The number of carbonyl (C=O) groups excluding carboxylic acids is 1. The van der Waals surface area contributed by atoms with Crippen LogP contribution in [0.25, 0.3) is 10.9 Å². The van der Waals surface area contributed by atoms with E-state index in [2.05, 4.69) is 4.98 Å². The number of benzene rings is 2. The molecule has 3 aromatic rings. The van der Waals surface area contributed by atoms with Gasteiger partial charge in [-0.3, -0.25) is 0 Å². The summed E-state index contributed by atoms with van der Waals surface area (Å²) in [7, 11) is 0. The molecule has 0 aliphatic heterocycles. The molecular formula is C16H13ClN2O2. The van der Waals surface area contributed by atoms with E-state index in [0.717, 1.165) is 16.5 Å². The van der Waals surface area contributed by atoms with Gasteiger partial charge < -0.3 is 15.5 Å². The van der Waals surface area contributed by atoms with Crippen molar-refractivity contribution in [3.63, 3.8) is 0 Å². The predicted octanol–water partition coefficient (Wildman–Crippen LogP) is 3.76. The summed E-state index contributed by atoms with van der Waals surface area (Å²) in [6, 6.07) is 12.5. The van der Waals surface area contributed by atoms with E-state index in [1.807, 2.05) is 12.1 Å². The number of carbonyl (C=O) groups is 1. The van der Waals surface area contributed by atoms with E-state index in [9.17, 15) is 4.79 Å². The molecule has 0 aliphatic rings. The molecule has 3 rings (SSSR count). The molecule has 0 amide bonds. The maximum absolute atomic E-state index is 12.1. The Morgan fingerprint density at radius 2 is 1.95 bits per heavy atom. The van der Waals surface area contributed by atoms with Crippen molar-refractivity contribution in [1.82, 2.24) is 4.98 Å². The number of nitrogen functional groups attached to an aromatic ring is 1. The highest BCUT2D eigenvalue weighted by atomic mass is 35.5. The second kappa shape index (κ2) is 5.50. The van der Waals surface area contributed by atoms with Crippen LogP contribution in [0.3, 0.4) is 0 Å². The fraction of sp³-hybridized carbons (Fsp3) is 0.0625. The van der Waals surface area contributed by atoms with Crippen LogP contribution < -0.4 is 5.73 Å². The normalized spacial score (nSPS) is 10.7. The number of nitrogens with one attached hydrogen (secondary N) is 1. The van der Waals surface area contributed by atoms with Crippen molar-refractivity contribution in [1.29, 1.82) is 0 Å². The zero-order valence-corrected chi connectivity index (χ0v) is 11.9. The first-order chi connectivity index (χ1) is 10.1. The van der Waals surface area contributed by atoms with Gasteiger partial charge in [0.25, 0.3) is 0 Å². The standard InChI is InChI=1S/C16H13ClN2O2/c17-11-3-1-10(2-4-11)9-21-16(20)14-8-19-15-7-12(18)5-6-13(14)15/h1-8,19H,9,18H2. The largest absolute Gasteiger partial charge is 0.457 e. The van der Waals surface area contributed by atoms with Gasteiger partial charge in [0, 0.05) is 27.8 Å². The van der Waals surface area contributed by atoms with Crippen molar-refractivity contribution < 1.29 is 9.53 Å². The van der Waals surface area contributed by atoms with E-state index in [0.29, 0.717) is 16.3 Å². The lowest BCUT2D eigenvalue weighted by molar-refractivity contribution is 0.0475. The first-order valence-corrected chi connectivity index (χ1v) is 6.79. The molecule has 2 aromatic carbocycles. The van der Waals surface area contributed by atoms with E-state index in [-0.39, 0.29) is 12.6 Å². The van der Waals surface area contributed by atoms with Crippen molar-refractivity contribution in [2.45, 2.75) is 6.61 Å². The lowest BCUT2D eigenvalue weighted by Crippen LogP contribution is -2.04. The quantitative estimate of drug-likeness (QED) is 0.571. The molecule has 4 nitrogen and oxygen atoms in total. The summed E-state index contributed by atoms with van der Waals surface area (Å²) in [6.07, 6.45) is 1.63. The van der Waals surface area contributed by atoms with Crippen LogP contribution in [0.5, 0.6) is 0 Å². The van der Waals surface area contributed by atoms with Crippen molar-refractivity contribution in [2.75, 3.05) is 5.73 Å². The Morgan fingerprint density at radius 1 is 1.19 bits per heavy atom. The smallest absolute Gasteiger partial charge is 0.340 e. The molecule has 0 spiro atoms. The van der Waals surface area contributed by atoms with Gasteiger partial charge in [-0.2, -0.15) is 0 Å². The molecule has 1 heterocycles. The van der Waals surface area contributed by atoms with Crippen molar-refractivity contribution in [2.24, 2.45) is 0 Å². The number of anilines is 1. The second-order valence-corrected chi connectivity index (χ2v) is 5.15. The van der Waals surface area contributed by atoms with Crippen LogP contribution in [0, 0.1) is 0 Å². The zero-order valence-electron chi connectivity index (χ0n) is 11.1. The maximum atomic E-state index is 12.1. The summed E-state index contributed by atoms with van der Waals surface area (Å²) in [4.78, 5) is 15.2. The van der Waals surface area contributed by atoms with Crippen LogP contribution >= 0.6 is 11.6 Å². The van der Waals surface area contributed by atoms with E-state index < -0.39 is 0 Å². The average Bonchev–Trinajstić information content (AvgIpc) is 2.89. The topological polar surface area (TPSA) is 68.1 Å².